The van der Waals surface area contributed by atoms with Crippen LogP contribution in [0.4, 0.5) is 5.69 Å². The maximum atomic E-state index is 12.6. The number of carbonyl (C=O) groups is 3. The van der Waals surface area contributed by atoms with Gasteiger partial charge in [0.1, 0.15) is 0 Å². The molecule has 0 radical (unpaired) electrons. The number of nitrogens with zero attached hydrogens (tertiary/aromatic N) is 3. The van der Waals surface area contributed by atoms with Crippen LogP contribution < -0.4 is 4.90 Å². The summed E-state index contributed by atoms with van der Waals surface area (Å²) in [5, 5.41) is 0. The molecule has 1 fully saturated rings. The van der Waals surface area contributed by atoms with E-state index >= 15 is 0 Å². The molecule has 3 rings (SSSR count). The average molecular weight is 343 g/mol. The van der Waals surface area contributed by atoms with Crippen LogP contribution in [0.25, 0.3) is 0 Å². The summed E-state index contributed by atoms with van der Waals surface area (Å²) in [6.45, 7) is 6.18. The maximum absolute atomic E-state index is 12.6. The number of likely N-dealkylation sites (N-methyl/N-ethyl adjacent to an activating group) is 1. The van der Waals surface area contributed by atoms with Crippen molar-refractivity contribution in [3.05, 3.63) is 29.3 Å². The molecule has 25 heavy (non-hydrogen) atoms. The Morgan fingerprint density at radius 3 is 2.36 bits per heavy atom. The van der Waals surface area contributed by atoms with Crippen molar-refractivity contribution in [2.45, 2.75) is 26.7 Å². The van der Waals surface area contributed by atoms with Crippen molar-refractivity contribution in [3.8, 4) is 0 Å². The summed E-state index contributed by atoms with van der Waals surface area (Å²) in [5.74, 6) is 0.313. The Balaban J connectivity index is 1.58. The third-order valence-corrected chi connectivity index (χ3v) is 5.01. The highest BCUT2D eigenvalue weighted by Crippen LogP contribution is 2.28. The number of hydrogen-bond acceptors (Lipinski definition) is 3. The van der Waals surface area contributed by atoms with E-state index in [0.717, 1.165) is 16.8 Å². The molecule has 0 spiro atoms. The lowest BCUT2D eigenvalue weighted by molar-refractivity contribution is -0.141. The summed E-state index contributed by atoms with van der Waals surface area (Å²) >= 11 is 0. The van der Waals surface area contributed by atoms with Gasteiger partial charge in [-0.3, -0.25) is 14.4 Å². The molecule has 1 aromatic carbocycles. The molecule has 1 saturated heterocycles. The van der Waals surface area contributed by atoms with Gasteiger partial charge in [-0.2, -0.15) is 0 Å². The molecule has 134 valence electrons. The van der Waals surface area contributed by atoms with E-state index in [1.165, 1.54) is 0 Å². The largest absolute Gasteiger partial charge is 0.339 e. The van der Waals surface area contributed by atoms with Crippen molar-refractivity contribution in [2.24, 2.45) is 5.92 Å². The summed E-state index contributed by atoms with van der Waals surface area (Å²) in [6.07, 6.45) is 0.743. The van der Waals surface area contributed by atoms with Crippen molar-refractivity contribution in [1.29, 1.82) is 0 Å². The summed E-state index contributed by atoms with van der Waals surface area (Å²) in [5.41, 5.74) is 2.86. The van der Waals surface area contributed by atoms with Crippen molar-refractivity contribution < 1.29 is 14.4 Å². The topological polar surface area (TPSA) is 60.9 Å². The minimum atomic E-state index is -0.00509. The standard InChI is InChI=1S/C19H25N3O3/c1-13(2)19(25)22-8-6-21(7-9-22)18(24)11-14-4-5-16-15(10-14)12-17(23)20(16)3/h4-5,10,13H,6-9,11-12H2,1-3H3. The van der Waals surface area contributed by atoms with Gasteiger partial charge < -0.3 is 14.7 Å². The summed E-state index contributed by atoms with van der Waals surface area (Å²) in [4.78, 5) is 41.7. The number of amides is 3. The minimum Gasteiger partial charge on any atom is -0.339 e. The zero-order valence-electron chi connectivity index (χ0n) is 15.1. The van der Waals surface area contributed by atoms with Crippen molar-refractivity contribution in [2.75, 3.05) is 38.1 Å². The predicted octanol–water partition coefficient (Wildman–Crippen LogP) is 1.07. The van der Waals surface area contributed by atoms with Crippen LogP contribution in [0.15, 0.2) is 18.2 Å². The number of fused-ring (bicyclic) bond motifs is 1. The van der Waals surface area contributed by atoms with Crippen LogP contribution in [0.1, 0.15) is 25.0 Å². The fourth-order valence-corrected chi connectivity index (χ4v) is 3.46. The lowest BCUT2D eigenvalue weighted by atomic mass is 10.0. The van der Waals surface area contributed by atoms with Crippen LogP contribution in [-0.4, -0.2) is 60.7 Å². The van der Waals surface area contributed by atoms with Gasteiger partial charge in [-0.05, 0) is 17.2 Å². The normalized spacial score (nSPS) is 17.3. The average Bonchev–Trinajstić information content (AvgIpc) is 2.88. The summed E-state index contributed by atoms with van der Waals surface area (Å²) in [6, 6.07) is 5.81. The van der Waals surface area contributed by atoms with Gasteiger partial charge in [0.25, 0.3) is 0 Å². The van der Waals surface area contributed by atoms with Crippen LogP contribution in [0, 0.1) is 5.92 Å². The Bertz CT molecular complexity index is 706. The Kier molecular flexibility index (Phi) is 4.79. The zero-order valence-corrected chi connectivity index (χ0v) is 15.1. The van der Waals surface area contributed by atoms with Crippen LogP contribution in [0.2, 0.25) is 0 Å². The highest BCUT2D eigenvalue weighted by atomic mass is 16.2. The van der Waals surface area contributed by atoms with Crippen LogP contribution >= 0.6 is 0 Å². The summed E-state index contributed by atoms with van der Waals surface area (Å²) < 4.78 is 0. The fourth-order valence-electron chi connectivity index (χ4n) is 3.46. The summed E-state index contributed by atoms with van der Waals surface area (Å²) in [7, 11) is 1.77. The predicted molar refractivity (Wildman–Crippen MR) is 95.3 cm³/mol. The van der Waals surface area contributed by atoms with Gasteiger partial charge in [0.05, 0.1) is 12.8 Å². The van der Waals surface area contributed by atoms with E-state index < -0.39 is 0 Å². The number of carbonyl (C=O) groups excluding carboxylic acids is 3. The number of rotatable bonds is 3. The Morgan fingerprint density at radius 1 is 1.08 bits per heavy atom. The molecule has 2 aliphatic heterocycles. The van der Waals surface area contributed by atoms with Gasteiger partial charge in [0, 0.05) is 44.8 Å². The number of benzene rings is 1. The van der Waals surface area contributed by atoms with Crippen LogP contribution in [0.5, 0.6) is 0 Å². The van der Waals surface area contributed by atoms with Crippen molar-refractivity contribution in [3.63, 3.8) is 0 Å². The van der Waals surface area contributed by atoms with E-state index in [1.807, 2.05) is 41.8 Å². The zero-order chi connectivity index (χ0) is 18.1. The van der Waals surface area contributed by atoms with Gasteiger partial charge in [-0.1, -0.05) is 26.0 Å². The monoisotopic (exact) mass is 343 g/mol. The molecule has 0 unspecified atom stereocenters. The second-order valence-electron chi connectivity index (χ2n) is 7.13. The third-order valence-electron chi connectivity index (χ3n) is 5.01. The molecule has 6 nitrogen and oxygen atoms in total. The maximum Gasteiger partial charge on any atom is 0.231 e. The lowest BCUT2D eigenvalue weighted by Gasteiger charge is -2.35. The first-order valence-corrected chi connectivity index (χ1v) is 8.81. The van der Waals surface area contributed by atoms with E-state index in [2.05, 4.69) is 0 Å². The molecular formula is C19H25N3O3. The first kappa shape index (κ1) is 17.5. The van der Waals surface area contributed by atoms with Crippen molar-refractivity contribution >= 4 is 23.4 Å². The molecule has 2 aliphatic rings. The van der Waals surface area contributed by atoms with E-state index in [9.17, 15) is 14.4 Å². The first-order chi connectivity index (χ1) is 11.9. The first-order valence-electron chi connectivity index (χ1n) is 8.81. The molecule has 0 atom stereocenters. The number of piperazine rings is 1. The number of hydrogen-bond donors (Lipinski definition) is 0. The molecule has 0 aromatic heterocycles. The Morgan fingerprint density at radius 2 is 1.72 bits per heavy atom. The fraction of sp³-hybridized carbons (Fsp3) is 0.526. The quantitative estimate of drug-likeness (QED) is 0.825. The van der Waals surface area contributed by atoms with E-state index in [1.54, 1.807) is 11.9 Å². The molecule has 1 aromatic rings. The third kappa shape index (κ3) is 3.52. The van der Waals surface area contributed by atoms with Gasteiger partial charge in [0.2, 0.25) is 17.7 Å². The SMILES string of the molecule is CC(C)C(=O)N1CCN(C(=O)Cc2ccc3c(c2)CC(=O)N3C)CC1. The Hall–Kier alpha value is -2.37. The molecule has 6 heteroatoms. The van der Waals surface area contributed by atoms with Crippen LogP contribution in [-0.2, 0) is 27.2 Å². The van der Waals surface area contributed by atoms with Gasteiger partial charge in [-0.25, -0.2) is 0 Å². The molecule has 0 N–H and O–H groups in total. The molecule has 0 aliphatic carbocycles. The molecule has 2 heterocycles. The van der Waals surface area contributed by atoms with E-state index in [0.29, 0.717) is 39.0 Å². The highest BCUT2D eigenvalue weighted by Gasteiger charge is 2.27. The Labute approximate surface area is 148 Å². The van der Waals surface area contributed by atoms with E-state index in [4.69, 9.17) is 0 Å². The van der Waals surface area contributed by atoms with E-state index in [-0.39, 0.29) is 23.6 Å². The van der Waals surface area contributed by atoms with Gasteiger partial charge in [0.15, 0.2) is 0 Å². The minimum absolute atomic E-state index is 0.00509. The highest BCUT2D eigenvalue weighted by molar-refractivity contribution is 6.01. The van der Waals surface area contributed by atoms with Crippen LogP contribution in [0.3, 0.4) is 0 Å². The molecule has 0 bridgehead atoms. The molecule has 3 amide bonds. The molecule has 0 saturated carbocycles. The van der Waals surface area contributed by atoms with Gasteiger partial charge >= 0.3 is 0 Å². The smallest absolute Gasteiger partial charge is 0.231 e. The second-order valence-corrected chi connectivity index (χ2v) is 7.13. The second kappa shape index (κ2) is 6.86. The van der Waals surface area contributed by atoms with Gasteiger partial charge in [-0.15, -0.1) is 0 Å². The number of anilines is 1. The molecular weight excluding hydrogens is 318 g/mol. The lowest BCUT2D eigenvalue weighted by Crippen LogP contribution is -2.51. The van der Waals surface area contributed by atoms with Crippen molar-refractivity contribution in [1.82, 2.24) is 9.80 Å².